The second-order valence-electron chi connectivity index (χ2n) is 9.57. The van der Waals surface area contributed by atoms with E-state index in [0.717, 1.165) is 16.0 Å². The lowest BCUT2D eigenvalue weighted by molar-refractivity contribution is -0.137. The Hall–Kier alpha value is -2.87. The Bertz CT molecular complexity index is 894. The Kier molecular flexibility index (Phi) is 6.64. The number of aliphatic hydroxyl groups excluding tert-OH is 1. The molecule has 1 N–H and O–H groups in total. The van der Waals surface area contributed by atoms with Gasteiger partial charge in [-0.25, -0.2) is 14.5 Å². The summed E-state index contributed by atoms with van der Waals surface area (Å²) in [5, 5.41) is 11.0. The van der Waals surface area contributed by atoms with E-state index in [9.17, 15) is 19.5 Å². The van der Waals surface area contributed by atoms with Gasteiger partial charge in [0.15, 0.2) is 0 Å². The van der Waals surface area contributed by atoms with E-state index in [4.69, 9.17) is 9.47 Å². The van der Waals surface area contributed by atoms with Crippen LogP contribution in [0.15, 0.2) is 42.5 Å². The van der Waals surface area contributed by atoms with Gasteiger partial charge in [0, 0.05) is 6.54 Å². The molecule has 0 aromatic heterocycles. The number of benzene rings is 1. The Morgan fingerprint density at radius 2 is 1.88 bits per heavy atom. The third-order valence-electron chi connectivity index (χ3n) is 5.85. The fraction of sp³-hybridized carbons (Fsp3) is 0.542. The second-order valence-corrected chi connectivity index (χ2v) is 9.57. The number of likely N-dealkylation sites (tertiary alicyclic amines) is 1. The molecule has 0 aliphatic carbocycles. The molecule has 1 aromatic carbocycles. The fourth-order valence-corrected chi connectivity index (χ4v) is 4.20. The predicted octanol–water partition coefficient (Wildman–Crippen LogP) is 3.66. The number of amides is 3. The lowest BCUT2D eigenvalue weighted by atomic mass is 9.93. The van der Waals surface area contributed by atoms with Crippen LogP contribution < -0.4 is 0 Å². The van der Waals surface area contributed by atoms with Crippen molar-refractivity contribution in [2.45, 2.75) is 70.9 Å². The van der Waals surface area contributed by atoms with Crippen molar-refractivity contribution in [2.75, 3.05) is 6.54 Å². The average molecular weight is 445 g/mol. The summed E-state index contributed by atoms with van der Waals surface area (Å²) < 4.78 is 10.9. The molecule has 5 atom stereocenters. The lowest BCUT2D eigenvalue weighted by Gasteiger charge is -2.33. The van der Waals surface area contributed by atoms with E-state index >= 15 is 0 Å². The second kappa shape index (κ2) is 8.94. The zero-order valence-corrected chi connectivity index (χ0v) is 19.3. The van der Waals surface area contributed by atoms with Gasteiger partial charge in [-0.05, 0) is 39.7 Å². The maximum atomic E-state index is 13.2. The van der Waals surface area contributed by atoms with Crippen LogP contribution in [0, 0.1) is 5.92 Å². The van der Waals surface area contributed by atoms with Gasteiger partial charge in [0.2, 0.25) is 5.91 Å². The van der Waals surface area contributed by atoms with Crippen molar-refractivity contribution in [3.8, 4) is 0 Å². The maximum absolute atomic E-state index is 13.2. The topological polar surface area (TPSA) is 96.4 Å². The maximum Gasteiger partial charge on any atom is 0.417 e. The molecular weight excluding hydrogens is 412 g/mol. The highest BCUT2D eigenvalue weighted by Gasteiger charge is 2.48. The molecule has 174 valence electrons. The molecule has 0 saturated carbocycles. The first-order valence-corrected chi connectivity index (χ1v) is 10.8. The van der Waals surface area contributed by atoms with E-state index in [1.165, 1.54) is 4.90 Å². The Morgan fingerprint density at radius 3 is 2.47 bits per heavy atom. The summed E-state index contributed by atoms with van der Waals surface area (Å²) in [6.45, 7) is 12.8. The minimum atomic E-state index is -1.20. The van der Waals surface area contributed by atoms with Gasteiger partial charge in [-0.1, -0.05) is 49.4 Å². The molecule has 3 rings (SSSR count). The largest absolute Gasteiger partial charge is 0.444 e. The van der Waals surface area contributed by atoms with Crippen molar-refractivity contribution in [3.05, 3.63) is 48.0 Å². The van der Waals surface area contributed by atoms with Gasteiger partial charge in [0.25, 0.3) is 0 Å². The van der Waals surface area contributed by atoms with Crippen LogP contribution in [0.4, 0.5) is 9.59 Å². The molecular formula is C24H32N2O6. The Balaban J connectivity index is 1.75. The molecule has 0 bridgehead atoms. The van der Waals surface area contributed by atoms with Gasteiger partial charge in [-0.15, -0.1) is 0 Å². The Labute approximate surface area is 188 Å². The molecule has 8 heteroatoms. The third-order valence-corrected chi connectivity index (χ3v) is 5.85. The summed E-state index contributed by atoms with van der Waals surface area (Å²) in [5.41, 5.74) is 0.858. The summed E-state index contributed by atoms with van der Waals surface area (Å²) in [6.07, 6.45) is -2.75. The van der Waals surface area contributed by atoms with Gasteiger partial charge in [0.05, 0.1) is 24.1 Å². The van der Waals surface area contributed by atoms with E-state index in [2.05, 4.69) is 6.58 Å². The molecule has 8 nitrogen and oxygen atoms in total. The van der Waals surface area contributed by atoms with Gasteiger partial charge < -0.3 is 14.6 Å². The number of ether oxygens (including phenoxy) is 2. The van der Waals surface area contributed by atoms with Crippen LogP contribution in [0.1, 0.15) is 52.7 Å². The lowest BCUT2D eigenvalue weighted by Crippen LogP contribution is -2.51. The number of aliphatic hydroxyl groups is 1. The first-order chi connectivity index (χ1) is 14.9. The van der Waals surface area contributed by atoms with Gasteiger partial charge in [-0.3, -0.25) is 9.69 Å². The highest BCUT2D eigenvalue weighted by atomic mass is 16.6. The zero-order valence-electron chi connectivity index (χ0n) is 19.3. The average Bonchev–Trinajstić information content (AvgIpc) is 3.25. The van der Waals surface area contributed by atoms with Gasteiger partial charge in [-0.2, -0.15) is 0 Å². The zero-order chi connectivity index (χ0) is 23.8. The van der Waals surface area contributed by atoms with Crippen LogP contribution in [-0.2, 0) is 14.3 Å². The molecule has 2 saturated heterocycles. The highest BCUT2D eigenvalue weighted by molar-refractivity contribution is 5.95. The first-order valence-electron chi connectivity index (χ1n) is 10.8. The minimum absolute atomic E-state index is 0.246. The number of hydrogen-bond acceptors (Lipinski definition) is 6. The summed E-state index contributed by atoms with van der Waals surface area (Å²) in [4.78, 5) is 40.9. The molecule has 32 heavy (non-hydrogen) atoms. The van der Waals surface area contributed by atoms with Crippen LogP contribution in [0.2, 0.25) is 0 Å². The fourth-order valence-electron chi connectivity index (χ4n) is 4.20. The van der Waals surface area contributed by atoms with E-state index in [1.54, 1.807) is 34.6 Å². The van der Waals surface area contributed by atoms with Crippen molar-refractivity contribution >= 4 is 18.1 Å². The van der Waals surface area contributed by atoms with Crippen LogP contribution in [0.3, 0.4) is 0 Å². The number of imide groups is 1. The normalized spacial score (nSPS) is 25.5. The highest BCUT2D eigenvalue weighted by Crippen LogP contribution is 2.35. The smallest absolute Gasteiger partial charge is 0.417 e. The molecule has 2 aliphatic rings. The van der Waals surface area contributed by atoms with Crippen LogP contribution >= 0.6 is 0 Å². The van der Waals surface area contributed by atoms with Crippen molar-refractivity contribution in [1.29, 1.82) is 0 Å². The summed E-state index contributed by atoms with van der Waals surface area (Å²) in [5.74, 6) is -1.49. The van der Waals surface area contributed by atoms with Crippen molar-refractivity contribution in [1.82, 2.24) is 9.80 Å². The van der Waals surface area contributed by atoms with Crippen LogP contribution in [0.25, 0.3) is 0 Å². The first kappa shape index (κ1) is 23.8. The summed E-state index contributed by atoms with van der Waals surface area (Å²) >= 11 is 0. The van der Waals surface area contributed by atoms with Gasteiger partial charge >= 0.3 is 12.2 Å². The molecule has 1 unspecified atom stereocenters. The molecule has 2 heterocycles. The number of nitrogens with zero attached hydrogens (tertiary/aromatic N) is 2. The van der Waals surface area contributed by atoms with Crippen molar-refractivity contribution in [3.63, 3.8) is 0 Å². The van der Waals surface area contributed by atoms with Gasteiger partial charge in [0.1, 0.15) is 11.7 Å². The van der Waals surface area contributed by atoms with E-state index in [-0.39, 0.29) is 6.54 Å². The molecule has 0 radical (unpaired) electrons. The molecule has 2 fully saturated rings. The molecule has 1 aromatic rings. The molecule has 3 amide bonds. The predicted molar refractivity (Wildman–Crippen MR) is 118 cm³/mol. The van der Waals surface area contributed by atoms with Crippen molar-refractivity contribution in [2.24, 2.45) is 5.92 Å². The standard InChI is InChI=1S/C24H32N2O6/c1-14-12-18(25(13-14)22(29)32-24(4,5)6)19(27)15(2)21(28)26-16(3)20(31-23(26)30)17-10-8-7-9-11-17/h7-11,15-16,18-20,27H,1,12-13H2,2-6H3/t15-,16-,18?,19-,20-/m1/s1. The Morgan fingerprint density at radius 1 is 1.25 bits per heavy atom. The van der Waals surface area contributed by atoms with E-state index in [1.807, 2.05) is 30.3 Å². The quantitative estimate of drug-likeness (QED) is 0.712. The minimum Gasteiger partial charge on any atom is -0.444 e. The van der Waals surface area contributed by atoms with Crippen LogP contribution in [-0.4, -0.2) is 63.3 Å². The number of rotatable bonds is 4. The van der Waals surface area contributed by atoms with E-state index < -0.39 is 53.9 Å². The number of carbonyl (C=O) groups excluding carboxylic acids is 3. The summed E-state index contributed by atoms with van der Waals surface area (Å²) in [7, 11) is 0. The third kappa shape index (κ3) is 4.80. The van der Waals surface area contributed by atoms with Crippen molar-refractivity contribution < 1.29 is 29.0 Å². The number of cyclic esters (lactones) is 1. The SMILES string of the molecule is C=C1CC([C@H](O)[C@@H](C)C(=O)N2C(=O)O[C@@H](c3ccccc3)[C@H]2C)N(C(=O)OC(C)(C)C)C1. The van der Waals surface area contributed by atoms with Crippen LogP contribution in [0.5, 0.6) is 0 Å². The number of carbonyl (C=O) groups is 3. The molecule has 0 spiro atoms. The molecule has 2 aliphatic heterocycles. The van der Waals surface area contributed by atoms with E-state index in [0.29, 0.717) is 6.42 Å². The monoisotopic (exact) mass is 444 g/mol. The number of hydrogen-bond donors (Lipinski definition) is 1. The summed E-state index contributed by atoms with van der Waals surface area (Å²) in [6, 6.07) is 8.00.